The van der Waals surface area contributed by atoms with Crippen molar-refractivity contribution in [2.24, 2.45) is 5.73 Å². The van der Waals surface area contributed by atoms with E-state index in [0.717, 1.165) is 83.5 Å². The fourth-order valence-corrected chi connectivity index (χ4v) is 7.08. The average Bonchev–Trinajstić information content (AvgIpc) is 3.20. The van der Waals surface area contributed by atoms with Crippen molar-refractivity contribution in [1.29, 1.82) is 0 Å². The highest BCUT2D eigenvalue weighted by Crippen LogP contribution is 2.43. The average molecular weight is 822 g/mol. The summed E-state index contributed by atoms with van der Waals surface area (Å²) in [4.78, 5) is 22.5. The summed E-state index contributed by atoms with van der Waals surface area (Å²) in [5.74, 6) is -0.339. The van der Waals surface area contributed by atoms with Gasteiger partial charge >= 0.3 is 13.8 Å². The van der Waals surface area contributed by atoms with E-state index in [-0.39, 0.29) is 32.3 Å². The van der Waals surface area contributed by atoms with Gasteiger partial charge in [-0.25, -0.2) is 4.57 Å². The number of ether oxygens (including phenoxy) is 2. The van der Waals surface area contributed by atoms with Crippen molar-refractivity contribution in [3.63, 3.8) is 0 Å². The minimum Gasteiger partial charge on any atom is -0.457 e. The normalized spacial score (nSPS) is 14.0. The van der Waals surface area contributed by atoms with Gasteiger partial charge in [-0.3, -0.25) is 13.8 Å². The smallest absolute Gasteiger partial charge is 0.457 e. The third kappa shape index (κ3) is 45.1. The number of phosphoric ester groups is 1. The van der Waals surface area contributed by atoms with Crippen LogP contribution in [0.2, 0.25) is 0 Å². The van der Waals surface area contributed by atoms with Gasteiger partial charge in [-0.1, -0.05) is 197 Å². The Morgan fingerprint density at radius 1 is 0.544 bits per heavy atom. The maximum atomic E-state index is 12.6. The van der Waals surface area contributed by atoms with E-state index in [4.69, 9.17) is 24.3 Å². The molecule has 0 saturated carbocycles. The SMILES string of the molecule is CC/C=C\C/C=C\C/C=C\C/C=C\C/C=C\CCCCCCOCC(COP(=O)(O)OCCN)OC(=O)CCCCCCCCCCCCCCCCCCCC. The molecule has 9 heteroatoms. The first-order chi connectivity index (χ1) is 27.9. The second kappa shape index (κ2) is 45.3. The molecule has 0 aliphatic rings. The molecule has 0 aliphatic carbocycles. The molecule has 0 heterocycles. The highest BCUT2D eigenvalue weighted by Gasteiger charge is 2.25. The van der Waals surface area contributed by atoms with Crippen molar-refractivity contribution in [2.75, 3.05) is 33.0 Å². The first kappa shape index (κ1) is 55.2. The molecular weight excluding hydrogens is 734 g/mol. The van der Waals surface area contributed by atoms with Gasteiger partial charge in [-0.2, -0.15) is 0 Å². The maximum absolute atomic E-state index is 12.6. The molecule has 2 unspecified atom stereocenters. The van der Waals surface area contributed by atoms with Crippen molar-refractivity contribution >= 4 is 13.8 Å². The summed E-state index contributed by atoms with van der Waals surface area (Å²) in [5, 5.41) is 0. The van der Waals surface area contributed by atoms with Crippen LogP contribution in [0.25, 0.3) is 0 Å². The molecule has 0 aromatic heterocycles. The lowest BCUT2D eigenvalue weighted by Crippen LogP contribution is -2.28. The molecule has 0 radical (unpaired) electrons. The second-order valence-corrected chi connectivity index (χ2v) is 16.7. The van der Waals surface area contributed by atoms with Crippen molar-refractivity contribution in [3.05, 3.63) is 60.8 Å². The van der Waals surface area contributed by atoms with Gasteiger partial charge in [0, 0.05) is 19.6 Å². The van der Waals surface area contributed by atoms with Crippen LogP contribution in [0.3, 0.4) is 0 Å². The molecule has 57 heavy (non-hydrogen) atoms. The van der Waals surface area contributed by atoms with Gasteiger partial charge < -0.3 is 20.1 Å². The fraction of sp³-hybridized carbons (Fsp3) is 0.771. The highest BCUT2D eigenvalue weighted by atomic mass is 31.2. The van der Waals surface area contributed by atoms with Crippen LogP contribution in [0, 0.1) is 0 Å². The molecule has 0 aromatic carbocycles. The topological polar surface area (TPSA) is 117 Å². The molecule has 0 aromatic rings. The van der Waals surface area contributed by atoms with Crippen molar-refractivity contribution < 1.29 is 32.8 Å². The predicted molar refractivity (Wildman–Crippen MR) is 242 cm³/mol. The minimum absolute atomic E-state index is 0.0944. The van der Waals surface area contributed by atoms with Crippen LogP contribution in [0.4, 0.5) is 0 Å². The standard InChI is InChI=1S/C48H88NO7P/c1-3-5-7-9-11-13-15-17-19-21-23-24-26-28-30-32-34-36-38-40-43-53-45-47(46-55-57(51,52)54-44-42-49)56-48(50)41-39-37-35-33-31-29-27-25-22-20-18-16-14-12-10-8-6-4-2/h5,7,11,13,17,19,23-24,28,30,47H,3-4,6,8-10,12,14-16,18,20-22,25-27,29,31-46,49H2,1-2H3,(H,51,52)/b7-5-,13-11-,19-17-,24-23-,30-28-. The first-order valence-corrected chi connectivity index (χ1v) is 24.8. The van der Waals surface area contributed by atoms with Crippen LogP contribution < -0.4 is 5.73 Å². The van der Waals surface area contributed by atoms with E-state index < -0.39 is 13.9 Å². The summed E-state index contributed by atoms with van der Waals surface area (Å²) < 4.78 is 33.5. The number of carbonyl (C=O) groups is 1. The zero-order chi connectivity index (χ0) is 41.6. The van der Waals surface area contributed by atoms with Crippen LogP contribution >= 0.6 is 7.82 Å². The number of unbranched alkanes of at least 4 members (excludes halogenated alkanes) is 21. The van der Waals surface area contributed by atoms with Gasteiger partial charge in [-0.05, 0) is 57.8 Å². The highest BCUT2D eigenvalue weighted by molar-refractivity contribution is 7.47. The van der Waals surface area contributed by atoms with Crippen LogP contribution in [0.1, 0.15) is 200 Å². The quantitative estimate of drug-likeness (QED) is 0.0270. The number of esters is 1. The number of allylic oxidation sites excluding steroid dienone is 10. The summed E-state index contributed by atoms with van der Waals surface area (Å²) in [5.41, 5.74) is 5.38. The van der Waals surface area contributed by atoms with Gasteiger partial charge in [0.15, 0.2) is 0 Å². The Morgan fingerprint density at radius 2 is 0.982 bits per heavy atom. The van der Waals surface area contributed by atoms with Crippen LogP contribution in [0.5, 0.6) is 0 Å². The van der Waals surface area contributed by atoms with E-state index in [2.05, 4.69) is 74.6 Å². The molecular formula is C48H88NO7P. The number of nitrogens with two attached hydrogens (primary N) is 1. The van der Waals surface area contributed by atoms with E-state index in [0.29, 0.717) is 13.0 Å². The lowest BCUT2D eigenvalue weighted by molar-refractivity contribution is -0.154. The third-order valence-corrected chi connectivity index (χ3v) is 10.7. The van der Waals surface area contributed by atoms with Gasteiger partial charge in [0.2, 0.25) is 0 Å². The maximum Gasteiger partial charge on any atom is 0.472 e. The van der Waals surface area contributed by atoms with Gasteiger partial charge in [0.25, 0.3) is 0 Å². The first-order valence-electron chi connectivity index (χ1n) is 23.3. The lowest BCUT2D eigenvalue weighted by atomic mass is 10.0. The monoisotopic (exact) mass is 822 g/mol. The number of carbonyl (C=O) groups excluding carboxylic acids is 1. The largest absolute Gasteiger partial charge is 0.472 e. The van der Waals surface area contributed by atoms with Crippen molar-refractivity contribution in [1.82, 2.24) is 0 Å². The van der Waals surface area contributed by atoms with Crippen LogP contribution in [-0.4, -0.2) is 49.9 Å². The zero-order valence-electron chi connectivity index (χ0n) is 36.8. The summed E-state index contributed by atoms with van der Waals surface area (Å²) >= 11 is 0. The summed E-state index contributed by atoms with van der Waals surface area (Å²) in [7, 11) is -4.29. The van der Waals surface area contributed by atoms with Gasteiger partial charge in [-0.15, -0.1) is 0 Å². The number of hydrogen-bond donors (Lipinski definition) is 2. The Morgan fingerprint density at radius 3 is 1.47 bits per heavy atom. The van der Waals surface area contributed by atoms with Crippen molar-refractivity contribution in [2.45, 2.75) is 206 Å². The van der Waals surface area contributed by atoms with E-state index in [1.165, 1.54) is 96.3 Å². The molecule has 0 rings (SSSR count). The fourth-order valence-electron chi connectivity index (χ4n) is 6.32. The summed E-state index contributed by atoms with van der Waals surface area (Å²) in [6.07, 6.45) is 55.3. The molecule has 3 N–H and O–H groups in total. The third-order valence-electron chi connectivity index (χ3n) is 9.70. The Kier molecular flexibility index (Phi) is 43.9. The number of hydrogen-bond acceptors (Lipinski definition) is 7. The molecule has 0 bridgehead atoms. The molecule has 332 valence electrons. The minimum atomic E-state index is -4.29. The number of phosphoric acid groups is 1. The van der Waals surface area contributed by atoms with E-state index in [9.17, 15) is 14.3 Å². The molecule has 0 spiro atoms. The van der Waals surface area contributed by atoms with E-state index in [1.54, 1.807) is 0 Å². The van der Waals surface area contributed by atoms with Crippen LogP contribution in [0.15, 0.2) is 60.8 Å². The Hall–Kier alpha value is -1.80. The molecule has 0 fully saturated rings. The Labute approximate surface area is 351 Å². The Bertz CT molecular complexity index is 1060. The number of rotatable bonds is 44. The van der Waals surface area contributed by atoms with Crippen molar-refractivity contribution in [3.8, 4) is 0 Å². The predicted octanol–water partition coefficient (Wildman–Crippen LogP) is 14.1. The molecule has 8 nitrogen and oxygen atoms in total. The van der Waals surface area contributed by atoms with Gasteiger partial charge in [0.05, 0.1) is 19.8 Å². The van der Waals surface area contributed by atoms with E-state index >= 15 is 0 Å². The molecule has 0 aliphatic heterocycles. The molecule has 0 saturated heterocycles. The second-order valence-electron chi connectivity index (χ2n) is 15.2. The van der Waals surface area contributed by atoms with Gasteiger partial charge in [0.1, 0.15) is 6.10 Å². The van der Waals surface area contributed by atoms with Crippen LogP contribution in [-0.2, 0) is 27.9 Å². The summed E-state index contributed by atoms with van der Waals surface area (Å²) in [6.45, 7) is 4.76. The molecule has 0 amide bonds. The lowest BCUT2D eigenvalue weighted by Gasteiger charge is -2.20. The Balaban J connectivity index is 4.05. The zero-order valence-corrected chi connectivity index (χ0v) is 37.7. The van der Waals surface area contributed by atoms with E-state index in [1.807, 2.05) is 0 Å². The summed E-state index contributed by atoms with van der Waals surface area (Å²) in [6, 6.07) is 0. The molecule has 2 atom stereocenters.